The molecule has 2 aliphatic carbocycles. The summed E-state index contributed by atoms with van der Waals surface area (Å²) in [5, 5.41) is 0. The van der Waals surface area contributed by atoms with Crippen molar-refractivity contribution in [2.45, 2.75) is 124 Å². The Bertz CT molecular complexity index is 518. The van der Waals surface area contributed by atoms with Crippen molar-refractivity contribution in [3.05, 3.63) is 12.2 Å². The molecule has 0 radical (unpaired) electrons. The molecule has 0 nitrogen and oxygen atoms in total. The maximum atomic E-state index is 5.07. The van der Waals surface area contributed by atoms with Crippen molar-refractivity contribution >= 4 is 12.6 Å². The third-order valence-corrected chi connectivity index (χ3v) is 9.39. The lowest BCUT2D eigenvalue weighted by atomic mass is 9.53. The molecule has 1 heteroatoms. The lowest BCUT2D eigenvalue weighted by molar-refractivity contribution is -0.0263. The first-order valence-electron chi connectivity index (χ1n) is 12.9. The van der Waals surface area contributed by atoms with E-state index in [4.69, 9.17) is 12.6 Å². The predicted octanol–water partition coefficient (Wildman–Crippen LogP) is 9.35. The number of hydrogen-bond donors (Lipinski definition) is 1. The van der Waals surface area contributed by atoms with E-state index in [1.165, 1.54) is 76.2 Å². The van der Waals surface area contributed by atoms with Crippen LogP contribution < -0.4 is 0 Å². The van der Waals surface area contributed by atoms with Crippen LogP contribution in [-0.2, 0) is 0 Å². The normalized spacial score (nSPS) is 38.0. The summed E-state index contributed by atoms with van der Waals surface area (Å²) in [4.78, 5) is 0. The smallest absolute Gasteiger partial charge is 0.0104 e. The van der Waals surface area contributed by atoms with Crippen LogP contribution in [0, 0.1) is 40.9 Å². The van der Waals surface area contributed by atoms with Gasteiger partial charge in [0.05, 0.1) is 0 Å². The van der Waals surface area contributed by atoms with Crippen LogP contribution in [0.15, 0.2) is 12.2 Å². The van der Waals surface area contributed by atoms with Crippen LogP contribution >= 0.6 is 12.6 Å². The molecule has 170 valence electrons. The molecule has 0 heterocycles. The Morgan fingerprint density at radius 3 is 2.48 bits per heavy atom. The van der Waals surface area contributed by atoms with Gasteiger partial charge in [0.1, 0.15) is 0 Å². The lowest BCUT2D eigenvalue weighted by Crippen LogP contribution is -2.45. The summed E-state index contributed by atoms with van der Waals surface area (Å²) in [6.07, 6.45) is 15.0. The number of allylic oxidation sites excluding steroid dienone is 1. The van der Waals surface area contributed by atoms with Gasteiger partial charge in [0.15, 0.2) is 0 Å². The summed E-state index contributed by atoms with van der Waals surface area (Å²) in [5.41, 5.74) is 1.85. The van der Waals surface area contributed by atoms with Gasteiger partial charge in [-0.3, -0.25) is 0 Å². The van der Waals surface area contributed by atoms with Gasteiger partial charge in [-0.1, -0.05) is 72.8 Å². The summed E-state index contributed by atoms with van der Waals surface area (Å²) in [5.74, 6) is 5.26. The molecular weight excluding hydrogens is 368 g/mol. The average Bonchev–Trinajstić information content (AvgIpc) is 2.63. The zero-order valence-corrected chi connectivity index (χ0v) is 21.8. The van der Waals surface area contributed by atoms with Crippen molar-refractivity contribution in [3.8, 4) is 0 Å². The van der Waals surface area contributed by atoms with Crippen LogP contribution in [0.4, 0.5) is 0 Å². The fraction of sp³-hybridized carbons (Fsp3) is 0.929. The van der Waals surface area contributed by atoms with E-state index in [9.17, 15) is 0 Å². The highest BCUT2D eigenvalue weighted by molar-refractivity contribution is 7.81. The molecule has 2 rings (SSSR count). The number of unbranched alkanes of at least 4 members (excludes halogenated alkanes) is 1. The van der Waals surface area contributed by atoms with E-state index in [0.717, 1.165) is 35.5 Å². The summed E-state index contributed by atoms with van der Waals surface area (Å²) in [6, 6.07) is 0. The molecule has 0 aromatic carbocycles. The zero-order valence-electron chi connectivity index (χ0n) is 20.9. The summed E-state index contributed by atoms with van der Waals surface area (Å²) in [7, 11) is 0. The Kier molecular flexibility index (Phi) is 9.27. The van der Waals surface area contributed by atoms with Crippen molar-refractivity contribution < 1.29 is 0 Å². The first-order valence-corrected chi connectivity index (χ1v) is 13.3. The molecule has 0 spiro atoms. The maximum Gasteiger partial charge on any atom is 0.0104 e. The molecule has 2 aliphatic rings. The van der Waals surface area contributed by atoms with Crippen LogP contribution in [0.5, 0.6) is 0 Å². The molecule has 29 heavy (non-hydrogen) atoms. The Morgan fingerprint density at radius 1 is 1.24 bits per heavy atom. The van der Waals surface area contributed by atoms with Gasteiger partial charge in [-0.2, -0.15) is 12.6 Å². The molecule has 0 aromatic rings. The fourth-order valence-corrected chi connectivity index (χ4v) is 7.60. The van der Waals surface area contributed by atoms with Gasteiger partial charge in [-0.15, -0.1) is 6.58 Å². The number of hydrogen-bond acceptors (Lipinski definition) is 1. The van der Waals surface area contributed by atoms with Crippen molar-refractivity contribution in [3.63, 3.8) is 0 Å². The van der Waals surface area contributed by atoms with Crippen LogP contribution in [0.25, 0.3) is 0 Å². The van der Waals surface area contributed by atoms with E-state index in [-0.39, 0.29) is 4.75 Å². The topological polar surface area (TPSA) is 0 Å². The van der Waals surface area contributed by atoms with Gasteiger partial charge in [0.25, 0.3) is 0 Å². The molecule has 2 fully saturated rings. The molecule has 0 amide bonds. The molecule has 0 N–H and O–H groups in total. The Labute approximate surface area is 189 Å². The minimum Gasteiger partial charge on any atom is -0.173 e. The highest BCUT2D eigenvalue weighted by atomic mass is 32.1. The van der Waals surface area contributed by atoms with E-state index in [0.29, 0.717) is 5.41 Å². The molecule has 0 bridgehead atoms. The Balaban J connectivity index is 2.27. The van der Waals surface area contributed by atoms with Crippen LogP contribution in [0.1, 0.15) is 119 Å². The minimum absolute atomic E-state index is 0.258. The Morgan fingerprint density at radius 2 is 1.93 bits per heavy atom. The fourth-order valence-electron chi connectivity index (χ4n) is 7.20. The number of rotatable bonds is 9. The van der Waals surface area contributed by atoms with Crippen molar-refractivity contribution in [1.29, 1.82) is 0 Å². The Hall–Kier alpha value is 0.0900. The first-order chi connectivity index (χ1) is 13.5. The molecule has 0 saturated heterocycles. The van der Waals surface area contributed by atoms with Gasteiger partial charge < -0.3 is 0 Å². The quantitative estimate of drug-likeness (QED) is 0.279. The van der Waals surface area contributed by atoms with Gasteiger partial charge >= 0.3 is 0 Å². The monoisotopic (exact) mass is 420 g/mol. The van der Waals surface area contributed by atoms with E-state index in [1.54, 1.807) is 0 Å². The zero-order chi connectivity index (χ0) is 21.8. The van der Waals surface area contributed by atoms with E-state index in [2.05, 4.69) is 55.0 Å². The lowest BCUT2D eigenvalue weighted by Gasteiger charge is -2.53. The maximum absolute atomic E-state index is 5.07. The molecule has 2 saturated carbocycles. The van der Waals surface area contributed by atoms with E-state index >= 15 is 0 Å². The summed E-state index contributed by atoms with van der Waals surface area (Å²) < 4.78 is 0.258. The summed E-state index contributed by atoms with van der Waals surface area (Å²) >= 11 is 5.07. The molecule has 0 aromatic heterocycles. The van der Waals surface area contributed by atoms with Crippen molar-refractivity contribution in [2.75, 3.05) is 0 Å². The van der Waals surface area contributed by atoms with Crippen molar-refractivity contribution in [2.24, 2.45) is 40.9 Å². The minimum atomic E-state index is 0.258. The number of thiol groups is 1. The van der Waals surface area contributed by atoms with Gasteiger partial charge in [-0.25, -0.2) is 0 Å². The molecule has 7 atom stereocenters. The van der Waals surface area contributed by atoms with Crippen LogP contribution in [0.3, 0.4) is 0 Å². The average molecular weight is 421 g/mol. The third-order valence-electron chi connectivity index (χ3n) is 8.98. The highest BCUT2D eigenvalue weighted by Gasteiger charge is 2.47. The summed E-state index contributed by atoms with van der Waals surface area (Å²) in [6.45, 7) is 21.4. The SMILES string of the molecule is C=C(C)CCC(C)(CCCC)C1CC(C2CCCC(C)(S)C2)C(C(C)C)CC1C. The van der Waals surface area contributed by atoms with Gasteiger partial charge in [0, 0.05) is 4.75 Å². The second-order valence-corrected chi connectivity index (χ2v) is 13.3. The molecule has 0 aliphatic heterocycles. The van der Waals surface area contributed by atoms with E-state index < -0.39 is 0 Å². The second kappa shape index (κ2) is 10.6. The van der Waals surface area contributed by atoms with Crippen molar-refractivity contribution in [1.82, 2.24) is 0 Å². The standard InChI is InChI=1S/C28H52S/c1-9-10-14-27(7,16-13-20(2)3)26-18-25(24(21(4)5)17-22(26)6)23-12-11-15-28(8,29)19-23/h21-26,29H,2,9-19H2,1,3-8H3. The third kappa shape index (κ3) is 6.78. The second-order valence-electron chi connectivity index (χ2n) is 12.2. The largest absolute Gasteiger partial charge is 0.173 e. The van der Waals surface area contributed by atoms with Gasteiger partial charge in [-0.05, 0) is 92.8 Å². The highest BCUT2D eigenvalue weighted by Crippen LogP contribution is 2.56. The molecule has 7 unspecified atom stereocenters. The van der Waals surface area contributed by atoms with Gasteiger partial charge in [0.2, 0.25) is 0 Å². The first kappa shape index (κ1) is 25.4. The predicted molar refractivity (Wildman–Crippen MR) is 135 cm³/mol. The van der Waals surface area contributed by atoms with E-state index in [1.807, 2.05) is 0 Å². The van der Waals surface area contributed by atoms with Crippen LogP contribution in [-0.4, -0.2) is 4.75 Å². The van der Waals surface area contributed by atoms with Crippen LogP contribution in [0.2, 0.25) is 0 Å². The molecular formula is C28H52S.